The predicted octanol–water partition coefficient (Wildman–Crippen LogP) is 1.91. The van der Waals surface area contributed by atoms with Gasteiger partial charge in [0, 0.05) is 32.1 Å². The van der Waals surface area contributed by atoms with E-state index in [4.69, 9.17) is 11.6 Å². The first-order chi connectivity index (χ1) is 8.35. The maximum absolute atomic E-state index is 12.5. The molecule has 2 heterocycles. The zero-order valence-corrected chi connectivity index (χ0v) is 12.8. The van der Waals surface area contributed by atoms with Crippen LogP contribution in [0.2, 0.25) is 0 Å². The van der Waals surface area contributed by atoms with Crippen molar-refractivity contribution in [1.82, 2.24) is 8.61 Å². The average Bonchev–Trinajstić information content (AvgIpc) is 2.70. The largest absolute Gasteiger partial charge is 0.282 e. The van der Waals surface area contributed by atoms with E-state index in [0.717, 1.165) is 19.3 Å². The van der Waals surface area contributed by atoms with E-state index in [0.29, 0.717) is 38.0 Å². The molecule has 2 saturated heterocycles. The molecule has 2 rings (SSSR count). The number of hydrogen-bond acceptors (Lipinski definition) is 2. The topological polar surface area (TPSA) is 40.6 Å². The molecule has 1 unspecified atom stereocenters. The van der Waals surface area contributed by atoms with Crippen LogP contribution in [0.25, 0.3) is 0 Å². The summed E-state index contributed by atoms with van der Waals surface area (Å²) in [6.45, 7) is 6.77. The van der Waals surface area contributed by atoms with E-state index in [9.17, 15) is 8.42 Å². The molecule has 0 saturated carbocycles. The molecule has 0 N–H and O–H groups in total. The van der Waals surface area contributed by atoms with Crippen molar-refractivity contribution in [3.63, 3.8) is 0 Å². The van der Waals surface area contributed by atoms with Gasteiger partial charge in [-0.25, -0.2) is 0 Å². The number of rotatable bonds is 3. The SMILES string of the molecule is CC1(C)CCN(S(=O)(=O)N2CCCC(CCl)C2)C1. The van der Waals surface area contributed by atoms with Crippen molar-refractivity contribution in [3.8, 4) is 0 Å². The van der Waals surface area contributed by atoms with E-state index >= 15 is 0 Å². The van der Waals surface area contributed by atoms with Crippen LogP contribution in [0.5, 0.6) is 0 Å². The lowest BCUT2D eigenvalue weighted by molar-refractivity contribution is 0.262. The van der Waals surface area contributed by atoms with Crippen LogP contribution in [0.4, 0.5) is 0 Å². The first-order valence-corrected chi connectivity index (χ1v) is 8.59. The minimum Gasteiger partial charge on any atom is -0.195 e. The first kappa shape index (κ1) is 14.6. The van der Waals surface area contributed by atoms with Crippen molar-refractivity contribution in [1.29, 1.82) is 0 Å². The van der Waals surface area contributed by atoms with Gasteiger partial charge in [-0.05, 0) is 30.6 Å². The van der Waals surface area contributed by atoms with Gasteiger partial charge in [0.25, 0.3) is 10.2 Å². The van der Waals surface area contributed by atoms with Crippen molar-refractivity contribution in [3.05, 3.63) is 0 Å². The molecule has 0 amide bonds. The maximum Gasteiger partial charge on any atom is 0.282 e. The summed E-state index contributed by atoms with van der Waals surface area (Å²) in [5.74, 6) is 0.864. The highest BCUT2D eigenvalue weighted by atomic mass is 35.5. The second kappa shape index (κ2) is 5.27. The lowest BCUT2D eigenvalue weighted by Gasteiger charge is -2.34. The third kappa shape index (κ3) is 3.00. The second-order valence-corrected chi connectivity index (χ2v) is 8.51. The third-order valence-electron chi connectivity index (χ3n) is 3.99. The Morgan fingerprint density at radius 3 is 2.56 bits per heavy atom. The van der Waals surface area contributed by atoms with Gasteiger partial charge in [-0.3, -0.25) is 0 Å². The Morgan fingerprint density at radius 1 is 1.28 bits per heavy atom. The summed E-state index contributed by atoms with van der Waals surface area (Å²) in [5, 5.41) is 0. The molecule has 18 heavy (non-hydrogen) atoms. The quantitative estimate of drug-likeness (QED) is 0.746. The van der Waals surface area contributed by atoms with Crippen molar-refractivity contribution < 1.29 is 8.42 Å². The molecule has 6 heteroatoms. The summed E-state index contributed by atoms with van der Waals surface area (Å²) in [7, 11) is -3.27. The highest BCUT2D eigenvalue weighted by Crippen LogP contribution is 2.32. The number of alkyl halides is 1. The molecular weight excluding hydrogens is 272 g/mol. The summed E-state index contributed by atoms with van der Waals surface area (Å²) in [6, 6.07) is 0. The minimum absolute atomic E-state index is 0.106. The van der Waals surface area contributed by atoms with Crippen molar-refractivity contribution in [2.24, 2.45) is 11.3 Å². The Labute approximate surface area is 115 Å². The highest BCUT2D eigenvalue weighted by Gasteiger charge is 2.40. The minimum atomic E-state index is -3.27. The van der Waals surface area contributed by atoms with Crippen LogP contribution in [0.15, 0.2) is 0 Å². The van der Waals surface area contributed by atoms with E-state index in [1.165, 1.54) is 0 Å². The van der Waals surface area contributed by atoms with Gasteiger partial charge in [0.2, 0.25) is 0 Å². The summed E-state index contributed by atoms with van der Waals surface area (Å²) in [6.07, 6.45) is 2.91. The smallest absolute Gasteiger partial charge is 0.195 e. The molecule has 2 aliphatic rings. The molecule has 1 atom stereocenters. The molecule has 0 radical (unpaired) electrons. The van der Waals surface area contributed by atoms with Crippen molar-refractivity contribution in [2.75, 3.05) is 32.1 Å². The number of nitrogens with zero attached hydrogens (tertiary/aromatic N) is 2. The van der Waals surface area contributed by atoms with Gasteiger partial charge < -0.3 is 0 Å². The van der Waals surface area contributed by atoms with Crippen LogP contribution >= 0.6 is 11.6 Å². The summed E-state index contributed by atoms with van der Waals surface area (Å²) in [4.78, 5) is 0. The van der Waals surface area contributed by atoms with Crippen LogP contribution < -0.4 is 0 Å². The normalized spacial score (nSPS) is 30.7. The Morgan fingerprint density at radius 2 is 2.00 bits per heavy atom. The van der Waals surface area contributed by atoms with Gasteiger partial charge in [-0.2, -0.15) is 17.0 Å². The van der Waals surface area contributed by atoms with Gasteiger partial charge in [0.1, 0.15) is 0 Å². The molecular formula is C12H23ClN2O2S. The van der Waals surface area contributed by atoms with Crippen LogP contribution in [-0.2, 0) is 10.2 Å². The average molecular weight is 295 g/mol. The molecule has 106 valence electrons. The summed E-state index contributed by atoms with van der Waals surface area (Å²) in [5.41, 5.74) is 0.106. The zero-order valence-electron chi connectivity index (χ0n) is 11.2. The fourth-order valence-electron chi connectivity index (χ4n) is 2.79. The summed E-state index contributed by atoms with van der Waals surface area (Å²) >= 11 is 5.87. The van der Waals surface area contributed by atoms with Gasteiger partial charge in [0.05, 0.1) is 0 Å². The Bertz CT molecular complexity index is 397. The van der Waals surface area contributed by atoms with Gasteiger partial charge >= 0.3 is 0 Å². The molecule has 0 aromatic carbocycles. The van der Waals surface area contributed by atoms with Gasteiger partial charge in [0.15, 0.2) is 0 Å². The molecule has 0 bridgehead atoms. The van der Waals surface area contributed by atoms with Crippen LogP contribution in [-0.4, -0.2) is 49.1 Å². The maximum atomic E-state index is 12.5. The monoisotopic (exact) mass is 294 g/mol. The Kier molecular flexibility index (Phi) is 4.26. The van der Waals surface area contributed by atoms with Gasteiger partial charge in [-0.15, -0.1) is 11.6 Å². The van der Waals surface area contributed by atoms with Crippen molar-refractivity contribution in [2.45, 2.75) is 33.1 Å². The number of piperidine rings is 1. The van der Waals surface area contributed by atoms with Crippen LogP contribution in [0.3, 0.4) is 0 Å². The Balaban J connectivity index is 2.07. The lowest BCUT2D eigenvalue weighted by Crippen LogP contribution is -2.47. The third-order valence-corrected chi connectivity index (χ3v) is 6.38. The molecule has 2 aliphatic heterocycles. The number of hydrogen-bond donors (Lipinski definition) is 0. The van der Waals surface area contributed by atoms with Crippen molar-refractivity contribution >= 4 is 21.8 Å². The lowest BCUT2D eigenvalue weighted by atomic mass is 9.93. The van der Waals surface area contributed by atoms with Crippen LogP contribution in [0.1, 0.15) is 33.1 Å². The van der Waals surface area contributed by atoms with E-state index in [-0.39, 0.29) is 5.41 Å². The van der Waals surface area contributed by atoms with E-state index in [1.54, 1.807) is 8.61 Å². The molecule has 4 nitrogen and oxygen atoms in total. The first-order valence-electron chi connectivity index (χ1n) is 6.66. The highest BCUT2D eigenvalue weighted by molar-refractivity contribution is 7.86. The second-order valence-electron chi connectivity index (χ2n) is 6.28. The molecule has 2 fully saturated rings. The predicted molar refractivity (Wildman–Crippen MR) is 73.9 cm³/mol. The molecule has 0 aliphatic carbocycles. The van der Waals surface area contributed by atoms with E-state index in [1.807, 2.05) is 0 Å². The summed E-state index contributed by atoms with van der Waals surface area (Å²) < 4.78 is 28.4. The van der Waals surface area contributed by atoms with E-state index < -0.39 is 10.2 Å². The van der Waals surface area contributed by atoms with Gasteiger partial charge in [-0.1, -0.05) is 13.8 Å². The molecule has 0 aromatic heterocycles. The molecule has 0 spiro atoms. The molecule has 0 aromatic rings. The fourth-order valence-corrected chi connectivity index (χ4v) is 4.96. The van der Waals surface area contributed by atoms with E-state index in [2.05, 4.69) is 13.8 Å². The number of halogens is 1. The van der Waals surface area contributed by atoms with Crippen LogP contribution in [0, 0.1) is 11.3 Å². The zero-order chi connectivity index (χ0) is 13.4. The standard InChI is InChI=1S/C12H23ClN2O2S/c1-12(2)5-7-15(10-12)18(16,17)14-6-3-4-11(8-13)9-14/h11H,3-10H2,1-2H3. The fraction of sp³-hybridized carbons (Fsp3) is 1.00. The Hall–Kier alpha value is 0.160.